The van der Waals surface area contributed by atoms with Crippen molar-refractivity contribution in [2.75, 3.05) is 5.75 Å². The average molecular weight is 480 g/mol. The molecule has 0 radical (unpaired) electrons. The van der Waals surface area contributed by atoms with Crippen molar-refractivity contribution in [1.82, 2.24) is 15.6 Å². The Labute approximate surface area is 189 Å². The molecule has 1 amide bonds. The zero-order valence-corrected chi connectivity index (χ0v) is 18.4. The van der Waals surface area contributed by atoms with Crippen LogP contribution in [0, 0.1) is 10.1 Å². The number of non-ortho nitro benzene ring substituents is 1. The summed E-state index contributed by atoms with van der Waals surface area (Å²) in [6, 6.07) is 13.5. The molecule has 30 heavy (non-hydrogen) atoms. The Bertz CT molecular complexity index is 1040. The fraction of sp³-hybridized carbons (Fsp3) is 0.111. The Morgan fingerprint density at radius 2 is 1.80 bits per heavy atom. The number of carbonyl (C=O) groups is 1. The second-order valence-electron chi connectivity index (χ2n) is 5.68. The lowest BCUT2D eigenvalue weighted by Gasteiger charge is -1.98. The monoisotopic (exact) mass is 479 g/mol. The summed E-state index contributed by atoms with van der Waals surface area (Å²) in [6.45, 7) is 0. The summed E-state index contributed by atoms with van der Waals surface area (Å²) in [5.74, 6) is 0.617. The number of nitro groups is 1. The second-order valence-corrected chi connectivity index (χ2v) is 9.54. The van der Waals surface area contributed by atoms with Crippen molar-refractivity contribution in [3.05, 3.63) is 74.8 Å². The van der Waals surface area contributed by atoms with Gasteiger partial charge in [0.15, 0.2) is 8.68 Å². The molecule has 2 aromatic carbocycles. The van der Waals surface area contributed by atoms with Gasteiger partial charge in [-0.25, -0.2) is 5.43 Å². The molecule has 0 atom stereocenters. The summed E-state index contributed by atoms with van der Waals surface area (Å²) in [5, 5.41) is 23.4. The number of nitrogens with zero attached hydrogens (tertiary/aromatic N) is 4. The fourth-order valence-electron chi connectivity index (χ4n) is 2.06. The van der Waals surface area contributed by atoms with Crippen molar-refractivity contribution < 1.29 is 9.72 Å². The Morgan fingerprint density at radius 3 is 2.47 bits per heavy atom. The fourth-order valence-corrected chi connectivity index (χ4v) is 4.95. The standard InChI is InChI=1S/C18H14ClN5O3S3/c19-14-5-1-13(2-6-14)10-28-17-22-23-18(30-17)29-11-16(25)21-20-9-12-3-7-15(8-4-12)24(26)27/h1-9H,10-11H2,(H,21,25). The lowest BCUT2D eigenvalue weighted by atomic mass is 10.2. The Kier molecular flexibility index (Phi) is 8.20. The van der Waals surface area contributed by atoms with Gasteiger partial charge in [0.25, 0.3) is 11.6 Å². The first kappa shape index (κ1) is 22.2. The van der Waals surface area contributed by atoms with E-state index in [-0.39, 0.29) is 17.3 Å². The van der Waals surface area contributed by atoms with Crippen LogP contribution in [0.5, 0.6) is 0 Å². The van der Waals surface area contributed by atoms with Crippen LogP contribution in [0.15, 0.2) is 62.3 Å². The molecule has 0 saturated heterocycles. The van der Waals surface area contributed by atoms with Gasteiger partial charge < -0.3 is 0 Å². The zero-order valence-electron chi connectivity index (χ0n) is 15.2. The number of halogens is 1. The van der Waals surface area contributed by atoms with Crippen LogP contribution < -0.4 is 5.43 Å². The number of rotatable bonds is 9. The largest absolute Gasteiger partial charge is 0.272 e. The van der Waals surface area contributed by atoms with Gasteiger partial charge in [-0.15, -0.1) is 10.2 Å². The van der Waals surface area contributed by atoms with E-state index in [1.165, 1.54) is 41.4 Å². The average Bonchev–Trinajstić information content (AvgIpc) is 3.20. The number of hydrogen-bond acceptors (Lipinski definition) is 9. The molecule has 0 spiro atoms. The number of thioether (sulfide) groups is 2. The number of carbonyl (C=O) groups excluding carboxylic acids is 1. The Morgan fingerprint density at radius 1 is 1.13 bits per heavy atom. The van der Waals surface area contributed by atoms with Crippen LogP contribution in [0.4, 0.5) is 5.69 Å². The number of amides is 1. The maximum Gasteiger partial charge on any atom is 0.269 e. The van der Waals surface area contributed by atoms with Gasteiger partial charge in [0, 0.05) is 22.9 Å². The molecule has 1 heterocycles. The molecular weight excluding hydrogens is 466 g/mol. The number of nitro benzene ring substituents is 1. The van der Waals surface area contributed by atoms with Crippen molar-refractivity contribution in [3.63, 3.8) is 0 Å². The zero-order chi connectivity index (χ0) is 21.3. The van der Waals surface area contributed by atoms with Gasteiger partial charge in [0.2, 0.25) is 0 Å². The highest BCUT2D eigenvalue weighted by Crippen LogP contribution is 2.30. The molecule has 8 nitrogen and oxygen atoms in total. The van der Waals surface area contributed by atoms with E-state index in [2.05, 4.69) is 20.7 Å². The number of hydrazone groups is 1. The number of benzene rings is 2. The van der Waals surface area contributed by atoms with Crippen molar-refractivity contribution in [2.24, 2.45) is 5.10 Å². The highest BCUT2D eigenvalue weighted by Gasteiger charge is 2.09. The number of aromatic nitrogens is 2. The lowest BCUT2D eigenvalue weighted by Crippen LogP contribution is -2.19. The second kappa shape index (κ2) is 11.1. The summed E-state index contributed by atoms with van der Waals surface area (Å²) < 4.78 is 1.52. The van der Waals surface area contributed by atoms with Crippen LogP contribution in [0.2, 0.25) is 5.02 Å². The molecular formula is C18H14ClN5O3S3. The molecule has 0 aliphatic carbocycles. The van der Waals surface area contributed by atoms with E-state index < -0.39 is 4.92 Å². The van der Waals surface area contributed by atoms with Crippen molar-refractivity contribution in [3.8, 4) is 0 Å². The highest BCUT2D eigenvalue weighted by atomic mass is 35.5. The van der Waals surface area contributed by atoms with Gasteiger partial charge in [0.05, 0.1) is 16.9 Å². The third-order valence-corrected chi connectivity index (χ3v) is 7.01. The maximum absolute atomic E-state index is 11.9. The van der Waals surface area contributed by atoms with Gasteiger partial charge >= 0.3 is 0 Å². The third kappa shape index (κ3) is 7.10. The SMILES string of the molecule is O=C(CSc1nnc(SCc2ccc(Cl)cc2)s1)NN=Cc1ccc([N+](=O)[O-])cc1. The molecule has 0 bridgehead atoms. The minimum absolute atomic E-state index is 0.00431. The normalized spacial score (nSPS) is 11.0. The van der Waals surface area contributed by atoms with E-state index in [4.69, 9.17) is 11.6 Å². The van der Waals surface area contributed by atoms with Crippen molar-refractivity contribution in [1.29, 1.82) is 0 Å². The van der Waals surface area contributed by atoms with Gasteiger partial charge in [-0.1, -0.05) is 58.6 Å². The minimum atomic E-state index is -0.477. The van der Waals surface area contributed by atoms with Crippen LogP contribution in [0.1, 0.15) is 11.1 Å². The van der Waals surface area contributed by atoms with E-state index >= 15 is 0 Å². The van der Waals surface area contributed by atoms with Gasteiger partial charge in [-0.3, -0.25) is 14.9 Å². The van der Waals surface area contributed by atoms with E-state index in [0.29, 0.717) is 14.9 Å². The summed E-state index contributed by atoms with van der Waals surface area (Å²) in [7, 11) is 0. The third-order valence-electron chi connectivity index (χ3n) is 3.50. The molecule has 3 rings (SSSR count). The summed E-state index contributed by atoms with van der Waals surface area (Å²) in [5.41, 5.74) is 4.19. The quantitative estimate of drug-likeness (QED) is 0.206. The molecule has 0 fully saturated rings. The predicted octanol–water partition coefficient (Wildman–Crippen LogP) is 4.63. The Hall–Kier alpha value is -2.47. The van der Waals surface area contributed by atoms with E-state index in [9.17, 15) is 14.9 Å². The van der Waals surface area contributed by atoms with E-state index in [1.54, 1.807) is 23.9 Å². The van der Waals surface area contributed by atoms with E-state index in [1.807, 2.05) is 24.3 Å². The molecule has 3 aromatic rings. The van der Waals surface area contributed by atoms with Gasteiger partial charge in [-0.2, -0.15) is 5.10 Å². The molecule has 0 aliphatic rings. The maximum atomic E-state index is 11.9. The lowest BCUT2D eigenvalue weighted by molar-refractivity contribution is -0.384. The topological polar surface area (TPSA) is 110 Å². The molecule has 1 N–H and O–H groups in total. The van der Waals surface area contributed by atoms with Crippen LogP contribution in [0.3, 0.4) is 0 Å². The van der Waals surface area contributed by atoms with Crippen LogP contribution in [-0.4, -0.2) is 33.0 Å². The summed E-state index contributed by atoms with van der Waals surface area (Å²) >= 11 is 10.2. The number of nitrogens with one attached hydrogen (secondary N) is 1. The molecule has 12 heteroatoms. The van der Waals surface area contributed by atoms with Crippen molar-refractivity contribution in [2.45, 2.75) is 14.4 Å². The number of hydrogen-bond donors (Lipinski definition) is 1. The first-order chi connectivity index (χ1) is 14.5. The smallest absolute Gasteiger partial charge is 0.269 e. The molecule has 1 aromatic heterocycles. The summed E-state index contributed by atoms with van der Waals surface area (Å²) in [4.78, 5) is 22.0. The Balaban J connectivity index is 1.40. The molecule has 0 saturated carbocycles. The van der Waals surface area contributed by atoms with Crippen LogP contribution in [0.25, 0.3) is 0 Å². The van der Waals surface area contributed by atoms with Crippen LogP contribution >= 0.6 is 46.5 Å². The first-order valence-corrected chi connectivity index (χ1v) is 11.6. The first-order valence-electron chi connectivity index (χ1n) is 8.39. The molecule has 154 valence electrons. The summed E-state index contributed by atoms with van der Waals surface area (Å²) in [6.07, 6.45) is 1.42. The minimum Gasteiger partial charge on any atom is -0.272 e. The van der Waals surface area contributed by atoms with Crippen LogP contribution in [-0.2, 0) is 10.5 Å². The van der Waals surface area contributed by atoms with Gasteiger partial charge in [0.1, 0.15) is 0 Å². The van der Waals surface area contributed by atoms with Gasteiger partial charge in [-0.05, 0) is 35.4 Å². The predicted molar refractivity (Wildman–Crippen MR) is 120 cm³/mol. The molecule has 0 unspecified atom stereocenters. The van der Waals surface area contributed by atoms with E-state index in [0.717, 1.165) is 15.7 Å². The van der Waals surface area contributed by atoms with Crippen molar-refractivity contribution >= 4 is 64.3 Å². The molecule has 0 aliphatic heterocycles. The highest BCUT2D eigenvalue weighted by molar-refractivity contribution is 8.03.